The van der Waals surface area contributed by atoms with Crippen molar-refractivity contribution in [2.24, 2.45) is 0 Å². The average Bonchev–Trinajstić information content (AvgIpc) is 2.92. The largest absolute Gasteiger partial charge is 0.469 e. The van der Waals surface area contributed by atoms with E-state index in [0.717, 1.165) is 57.2 Å². The van der Waals surface area contributed by atoms with E-state index < -0.39 is 0 Å². The van der Waals surface area contributed by atoms with Crippen LogP contribution in [0.1, 0.15) is 29.2 Å². The van der Waals surface area contributed by atoms with Crippen LogP contribution in [-0.2, 0) is 35.6 Å². The molecule has 37 heavy (non-hydrogen) atoms. The van der Waals surface area contributed by atoms with Crippen molar-refractivity contribution in [1.29, 1.82) is 0 Å². The third kappa shape index (κ3) is 7.28. The van der Waals surface area contributed by atoms with Crippen LogP contribution in [0.2, 0.25) is 5.02 Å². The van der Waals surface area contributed by atoms with Crippen LogP contribution in [0.4, 0.5) is 10.2 Å². The number of piperazine rings is 1. The molecule has 1 saturated heterocycles. The molecule has 0 radical (unpaired) electrons. The molecule has 0 unspecified atom stereocenters. The first-order valence-electron chi connectivity index (χ1n) is 12.7. The highest BCUT2D eigenvalue weighted by molar-refractivity contribution is 6.31. The van der Waals surface area contributed by atoms with Crippen molar-refractivity contribution >= 4 is 23.4 Å². The van der Waals surface area contributed by atoms with Crippen LogP contribution >= 0.6 is 11.6 Å². The van der Waals surface area contributed by atoms with Gasteiger partial charge in [0.25, 0.3) is 0 Å². The van der Waals surface area contributed by atoms with Gasteiger partial charge in [-0.15, -0.1) is 0 Å². The molecule has 0 aliphatic carbocycles. The van der Waals surface area contributed by atoms with Crippen molar-refractivity contribution in [3.05, 3.63) is 93.9 Å². The highest BCUT2D eigenvalue weighted by atomic mass is 35.5. The zero-order valence-electron chi connectivity index (χ0n) is 21.5. The van der Waals surface area contributed by atoms with Crippen LogP contribution in [0.15, 0.2) is 60.8 Å². The second-order valence-corrected chi connectivity index (χ2v) is 9.73. The Bertz CT molecular complexity index is 1160. The first-order chi connectivity index (χ1) is 18.0. The lowest BCUT2D eigenvalue weighted by atomic mass is 10.1. The van der Waals surface area contributed by atoms with Crippen molar-refractivity contribution in [2.75, 3.05) is 44.7 Å². The standard InChI is InChI=1S/C29H34ClFN4O2/c1-3-33(21-25-26(30)7-4-8-27(25)31)19-22-9-11-23(12-10-22)20-34-14-16-35(17-15-34)29-24(6-5-13-32-29)18-28(36)37-2/h4-13H,3,14-21H2,1-2H3. The van der Waals surface area contributed by atoms with Gasteiger partial charge in [0.15, 0.2) is 0 Å². The fourth-order valence-corrected chi connectivity index (χ4v) is 4.87. The number of pyridine rings is 1. The number of ether oxygens (including phenoxy) is 1. The summed E-state index contributed by atoms with van der Waals surface area (Å²) in [6.45, 7) is 8.52. The number of carbonyl (C=O) groups is 1. The quantitative estimate of drug-likeness (QED) is 0.350. The molecule has 2 heterocycles. The Morgan fingerprint density at radius 1 is 1.03 bits per heavy atom. The third-order valence-corrected chi connectivity index (χ3v) is 7.18. The van der Waals surface area contributed by atoms with Gasteiger partial charge in [-0.05, 0) is 35.9 Å². The molecule has 0 atom stereocenters. The van der Waals surface area contributed by atoms with Gasteiger partial charge < -0.3 is 9.64 Å². The normalized spacial score (nSPS) is 14.2. The highest BCUT2D eigenvalue weighted by Gasteiger charge is 2.21. The van der Waals surface area contributed by atoms with E-state index in [-0.39, 0.29) is 18.2 Å². The topological polar surface area (TPSA) is 48.9 Å². The Labute approximate surface area is 223 Å². The Kier molecular flexibility index (Phi) is 9.50. The Morgan fingerprint density at radius 2 is 1.76 bits per heavy atom. The highest BCUT2D eigenvalue weighted by Crippen LogP contribution is 2.23. The number of carbonyl (C=O) groups excluding carboxylic acids is 1. The number of halogens is 2. The summed E-state index contributed by atoms with van der Waals surface area (Å²) in [5.41, 5.74) is 3.90. The minimum atomic E-state index is -0.260. The second-order valence-electron chi connectivity index (χ2n) is 9.32. The maximum Gasteiger partial charge on any atom is 0.310 e. The molecule has 6 nitrogen and oxygen atoms in total. The van der Waals surface area contributed by atoms with E-state index >= 15 is 0 Å². The van der Waals surface area contributed by atoms with Gasteiger partial charge in [-0.2, -0.15) is 0 Å². The van der Waals surface area contributed by atoms with E-state index in [1.54, 1.807) is 18.3 Å². The summed E-state index contributed by atoms with van der Waals surface area (Å²) in [5, 5.41) is 0.469. The maximum atomic E-state index is 14.2. The van der Waals surface area contributed by atoms with Gasteiger partial charge in [-0.25, -0.2) is 9.37 Å². The van der Waals surface area contributed by atoms with Crippen LogP contribution in [0.5, 0.6) is 0 Å². The molecular weight excluding hydrogens is 491 g/mol. The number of anilines is 1. The average molecular weight is 525 g/mol. The molecule has 0 saturated carbocycles. The first-order valence-corrected chi connectivity index (χ1v) is 13.1. The summed E-state index contributed by atoms with van der Waals surface area (Å²) >= 11 is 6.23. The summed E-state index contributed by atoms with van der Waals surface area (Å²) in [5.74, 6) is 0.354. The summed E-state index contributed by atoms with van der Waals surface area (Å²) < 4.78 is 19.1. The minimum absolute atomic E-state index is 0.231. The number of methoxy groups -OCH3 is 1. The third-order valence-electron chi connectivity index (χ3n) is 6.83. The molecule has 8 heteroatoms. The Hall–Kier alpha value is -3.00. The second kappa shape index (κ2) is 13.0. The number of esters is 1. The van der Waals surface area contributed by atoms with Crippen LogP contribution in [0.25, 0.3) is 0 Å². The van der Waals surface area contributed by atoms with Gasteiger partial charge in [0.2, 0.25) is 0 Å². The van der Waals surface area contributed by atoms with Crippen molar-refractivity contribution in [1.82, 2.24) is 14.8 Å². The number of hydrogen-bond donors (Lipinski definition) is 0. The van der Waals surface area contributed by atoms with Crippen molar-refractivity contribution in [2.45, 2.75) is 33.0 Å². The summed E-state index contributed by atoms with van der Waals surface area (Å²) in [6.07, 6.45) is 2.00. The smallest absolute Gasteiger partial charge is 0.310 e. The molecule has 1 aliphatic heterocycles. The SMILES string of the molecule is CCN(Cc1ccc(CN2CCN(c3ncccc3CC(=O)OC)CC2)cc1)Cc1c(F)cccc1Cl. The van der Waals surface area contributed by atoms with Crippen molar-refractivity contribution in [3.8, 4) is 0 Å². The van der Waals surface area contributed by atoms with E-state index in [9.17, 15) is 9.18 Å². The molecule has 0 spiro atoms. The first kappa shape index (κ1) is 27.0. The predicted octanol–water partition coefficient (Wildman–Crippen LogP) is 4.93. The number of nitrogens with zero attached hydrogens (tertiary/aromatic N) is 4. The number of aromatic nitrogens is 1. The molecule has 1 aromatic heterocycles. The summed E-state index contributed by atoms with van der Waals surface area (Å²) in [6, 6.07) is 17.3. The van der Waals surface area contributed by atoms with E-state index in [1.165, 1.54) is 24.3 Å². The lowest BCUT2D eigenvalue weighted by molar-refractivity contribution is -0.139. The molecule has 3 aromatic rings. The fraction of sp³-hybridized carbons (Fsp3) is 0.379. The summed E-state index contributed by atoms with van der Waals surface area (Å²) in [7, 11) is 1.41. The summed E-state index contributed by atoms with van der Waals surface area (Å²) in [4.78, 5) is 23.2. The molecular formula is C29H34ClFN4O2. The monoisotopic (exact) mass is 524 g/mol. The number of rotatable bonds is 10. The number of hydrogen-bond acceptors (Lipinski definition) is 6. The Morgan fingerprint density at radius 3 is 2.43 bits per heavy atom. The zero-order chi connectivity index (χ0) is 26.2. The van der Waals surface area contributed by atoms with E-state index in [4.69, 9.17) is 16.3 Å². The molecule has 1 aliphatic rings. The van der Waals surface area contributed by atoms with Crippen LogP contribution < -0.4 is 4.90 Å². The van der Waals surface area contributed by atoms with Crippen LogP contribution in [-0.4, -0.2) is 60.6 Å². The predicted molar refractivity (Wildman–Crippen MR) is 145 cm³/mol. The van der Waals surface area contributed by atoms with Crippen LogP contribution in [0.3, 0.4) is 0 Å². The van der Waals surface area contributed by atoms with Crippen molar-refractivity contribution < 1.29 is 13.9 Å². The maximum absolute atomic E-state index is 14.2. The fourth-order valence-electron chi connectivity index (χ4n) is 4.65. The van der Waals surface area contributed by atoms with Gasteiger partial charge in [-0.3, -0.25) is 14.6 Å². The molecule has 1 fully saturated rings. The molecule has 2 aromatic carbocycles. The van der Waals surface area contributed by atoms with E-state index in [2.05, 4.69) is 50.9 Å². The lowest BCUT2D eigenvalue weighted by Crippen LogP contribution is -2.46. The van der Waals surface area contributed by atoms with Gasteiger partial charge in [0.05, 0.1) is 13.5 Å². The van der Waals surface area contributed by atoms with E-state index in [0.29, 0.717) is 17.1 Å². The van der Waals surface area contributed by atoms with Gasteiger partial charge in [0.1, 0.15) is 11.6 Å². The Balaban J connectivity index is 1.30. The van der Waals surface area contributed by atoms with Crippen LogP contribution in [0, 0.1) is 5.82 Å². The number of benzene rings is 2. The molecule has 196 valence electrons. The minimum Gasteiger partial charge on any atom is -0.469 e. The van der Waals surface area contributed by atoms with Gasteiger partial charge in [0, 0.05) is 68.2 Å². The molecule has 0 amide bonds. The molecule has 0 bridgehead atoms. The molecule has 4 rings (SSSR count). The lowest BCUT2D eigenvalue weighted by Gasteiger charge is -2.36. The van der Waals surface area contributed by atoms with Gasteiger partial charge >= 0.3 is 5.97 Å². The van der Waals surface area contributed by atoms with Gasteiger partial charge in [-0.1, -0.05) is 54.9 Å². The van der Waals surface area contributed by atoms with E-state index in [1.807, 2.05) is 12.1 Å². The zero-order valence-corrected chi connectivity index (χ0v) is 22.3. The van der Waals surface area contributed by atoms with Crippen molar-refractivity contribution in [3.63, 3.8) is 0 Å². The molecule has 0 N–H and O–H groups in total.